The van der Waals surface area contributed by atoms with Crippen molar-refractivity contribution in [3.05, 3.63) is 78.9 Å². The first-order valence-corrected chi connectivity index (χ1v) is 8.36. The Morgan fingerprint density at radius 3 is 2.46 bits per heavy atom. The summed E-state index contributed by atoms with van der Waals surface area (Å²) < 4.78 is 6.27. The summed E-state index contributed by atoms with van der Waals surface area (Å²) in [5.74, 6) is 0.448. The van der Waals surface area contributed by atoms with Crippen molar-refractivity contribution in [2.24, 2.45) is 5.92 Å². The second-order valence-corrected chi connectivity index (χ2v) is 6.52. The molecule has 118 valence electrons. The van der Waals surface area contributed by atoms with E-state index < -0.39 is 0 Å². The molecule has 3 aromatic carbocycles. The Morgan fingerprint density at radius 1 is 1.00 bits per heavy atom. The molecule has 24 heavy (non-hydrogen) atoms. The van der Waals surface area contributed by atoms with Crippen molar-refractivity contribution in [2.45, 2.75) is 13.8 Å². The maximum atomic E-state index is 6.27. The molecule has 0 aliphatic carbocycles. The first-order chi connectivity index (χ1) is 11.7. The molecule has 1 nitrogen and oxygen atoms in total. The minimum Gasteiger partial charge on any atom is -0.455 e. The highest BCUT2D eigenvalue weighted by Crippen LogP contribution is 2.39. The van der Waals surface area contributed by atoms with Crippen LogP contribution in [0.4, 0.5) is 0 Å². The molecule has 0 radical (unpaired) electrons. The number of hydrogen-bond acceptors (Lipinski definition) is 1. The molecule has 0 atom stereocenters. The minimum atomic E-state index is 0.448. The lowest BCUT2D eigenvalue weighted by atomic mass is 9.95. The van der Waals surface area contributed by atoms with Gasteiger partial charge in [0.05, 0.1) is 0 Å². The normalized spacial score (nSPS) is 12.5. The van der Waals surface area contributed by atoms with Crippen LogP contribution in [0.2, 0.25) is 0 Å². The second kappa shape index (κ2) is 5.68. The van der Waals surface area contributed by atoms with Crippen LogP contribution in [0.1, 0.15) is 19.4 Å². The third kappa shape index (κ3) is 2.25. The Hall–Kier alpha value is -2.80. The molecule has 0 N–H and O–H groups in total. The van der Waals surface area contributed by atoms with Crippen molar-refractivity contribution < 1.29 is 4.42 Å². The molecule has 0 saturated carbocycles. The fourth-order valence-corrected chi connectivity index (χ4v) is 3.42. The van der Waals surface area contributed by atoms with E-state index in [-0.39, 0.29) is 0 Å². The number of hydrogen-bond donors (Lipinski definition) is 0. The average molecular weight is 312 g/mol. The highest BCUT2D eigenvalue weighted by atomic mass is 16.3. The van der Waals surface area contributed by atoms with E-state index in [4.69, 9.17) is 4.42 Å². The summed E-state index contributed by atoms with van der Waals surface area (Å²) in [4.78, 5) is 0. The van der Waals surface area contributed by atoms with E-state index in [1.54, 1.807) is 0 Å². The zero-order chi connectivity index (χ0) is 16.7. The quantitative estimate of drug-likeness (QED) is 0.372. The molecule has 0 aliphatic rings. The van der Waals surface area contributed by atoms with E-state index in [1.807, 2.05) is 18.2 Å². The van der Waals surface area contributed by atoms with Crippen LogP contribution in [-0.4, -0.2) is 0 Å². The molecule has 0 amide bonds. The number of fused-ring (bicyclic) bond motifs is 5. The van der Waals surface area contributed by atoms with E-state index in [0.29, 0.717) is 5.92 Å². The smallest absolute Gasteiger partial charge is 0.143 e. The molecule has 0 saturated heterocycles. The number of rotatable bonds is 3. The molecule has 1 heteroatoms. The topological polar surface area (TPSA) is 13.1 Å². The first kappa shape index (κ1) is 14.8. The van der Waals surface area contributed by atoms with Gasteiger partial charge in [-0.25, -0.2) is 0 Å². The Bertz CT molecular complexity index is 1090. The van der Waals surface area contributed by atoms with Crippen LogP contribution in [0.3, 0.4) is 0 Å². The van der Waals surface area contributed by atoms with Crippen molar-refractivity contribution >= 4 is 38.3 Å². The third-order valence-electron chi connectivity index (χ3n) is 4.41. The van der Waals surface area contributed by atoms with E-state index in [9.17, 15) is 0 Å². The van der Waals surface area contributed by atoms with Crippen LogP contribution in [0.15, 0.2) is 77.7 Å². The fourth-order valence-electron chi connectivity index (χ4n) is 3.42. The molecule has 0 spiro atoms. The largest absolute Gasteiger partial charge is 0.455 e. The number of allylic oxidation sites excluding steroid dienone is 3. The summed E-state index contributed by atoms with van der Waals surface area (Å²) in [5, 5.41) is 4.81. The molecule has 0 unspecified atom stereocenters. The van der Waals surface area contributed by atoms with Gasteiger partial charge in [0, 0.05) is 16.3 Å². The van der Waals surface area contributed by atoms with E-state index in [1.165, 1.54) is 21.5 Å². The SMILES string of the molecule is C=CC(=CC(C)C)c1cc2ccccc2c2c1oc1ccccc12. The molecule has 4 rings (SSSR count). The van der Waals surface area contributed by atoms with Crippen molar-refractivity contribution in [3.63, 3.8) is 0 Å². The number of benzene rings is 3. The molecular weight excluding hydrogens is 292 g/mol. The lowest BCUT2D eigenvalue weighted by molar-refractivity contribution is 0.668. The van der Waals surface area contributed by atoms with Crippen molar-refractivity contribution in [1.29, 1.82) is 0 Å². The predicted molar refractivity (Wildman–Crippen MR) is 104 cm³/mol. The summed E-state index contributed by atoms with van der Waals surface area (Å²) >= 11 is 0. The maximum Gasteiger partial charge on any atom is 0.143 e. The van der Waals surface area contributed by atoms with Gasteiger partial charge < -0.3 is 4.42 Å². The summed E-state index contributed by atoms with van der Waals surface area (Å²) in [6.07, 6.45) is 4.17. The van der Waals surface area contributed by atoms with Crippen LogP contribution in [0.25, 0.3) is 38.3 Å². The van der Waals surface area contributed by atoms with Gasteiger partial charge in [0.2, 0.25) is 0 Å². The molecule has 0 fully saturated rings. The first-order valence-electron chi connectivity index (χ1n) is 8.36. The molecule has 1 aromatic heterocycles. The van der Waals surface area contributed by atoms with Crippen LogP contribution in [0, 0.1) is 5.92 Å². The standard InChI is InChI=1S/C23H20O/c1-4-16(13-15(2)3)20-14-17-9-5-6-10-18(17)22-19-11-7-8-12-21(19)24-23(20)22/h4-15H,1H2,2-3H3. The molecule has 4 aromatic rings. The Balaban J connectivity index is 2.22. The van der Waals surface area contributed by atoms with E-state index in [0.717, 1.165) is 22.3 Å². The highest BCUT2D eigenvalue weighted by Gasteiger charge is 2.16. The molecule has 0 bridgehead atoms. The Labute approximate surface area is 141 Å². The van der Waals surface area contributed by atoms with Crippen LogP contribution >= 0.6 is 0 Å². The van der Waals surface area contributed by atoms with Crippen molar-refractivity contribution in [3.8, 4) is 0 Å². The zero-order valence-corrected chi connectivity index (χ0v) is 14.0. The van der Waals surface area contributed by atoms with Gasteiger partial charge in [0.15, 0.2) is 0 Å². The van der Waals surface area contributed by atoms with Gasteiger partial charge in [-0.1, -0.05) is 75.0 Å². The van der Waals surface area contributed by atoms with Crippen LogP contribution < -0.4 is 0 Å². The van der Waals surface area contributed by atoms with Gasteiger partial charge in [0.25, 0.3) is 0 Å². The maximum absolute atomic E-state index is 6.27. The fraction of sp³-hybridized carbons (Fsp3) is 0.130. The summed E-state index contributed by atoms with van der Waals surface area (Å²) in [6, 6.07) is 19.0. The lowest BCUT2D eigenvalue weighted by Gasteiger charge is -2.09. The lowest BCUT2D eigenvalue weighted by Crippen LogP contribution is -1.88. The summed E-state index contributed by atoms with van der Waals surface area (Å²) in [6.45, 7) is 8.38. The average Bonchev–Trinajstić information content (AvgIpc) is 2.98. The van der Waals surface area contributed by atoms with Gasteiger partial charge in [-0.15, -0.1) is 0 Å². The summed E-state index contributed by atoms with van der Waals surface area (Å²) in [5.41, 5.74) is 4.11. The molecule has 1 heterocycles. The number of furan rings is 1. The van der Waals surface area contributed by atoms with E-state index >= 15 is 0 Å². The second-order valence-electron chi connectivity index (χ2n) is 6.52. The third-order valence-corrected chi connectivity index (χ3v) is 4.41. The van der Waals surface area contributed by atoms with Gasteiger partial charge in [0.1, 0.15) is 11.2 Å². The predicted octanol–water partition coefficient (Wildman–Crippen LogP) is 6.96. The van der Waals surface area contributed by atoms with Gasteiger partial charge >= 0.3 is 0 Å². The van der Waals surface area contributed by atoms with Gasteiger partial charge in [-0.05, 0) is 34.4 Å². The highest BCUT2D eigenvalue weighted by molar-refractivity contribution is 6.21. The number of para-hydroxylation sites is 1. The molecular formula is C23H20O. The molecule has 0 aliphatic heterocycles. The Morgan fingerprint density at radius 2 is 1.71 bits per heavy atom. The van der Waals surface area contributed by atoms with Crippen molar-refractivity contribution in [1.82, 2.24) is 0 Å². The van der Waals surface area contributed by atoms with Gasteiger partial charge in [-0.2, -0.15) is 0 Å². The Kier molecular flexibility index (Phi) is 3.50. The monoisotopic (exact) mass is 312 g/mol. The zero-order valence-electron chi connectivity index (χ0n) is 14.0. The van der Waals surface area contributed by atoms with Crippen LogP contribution in [0.5, 0.6) is 0 Å². The van der Waals surface area contributed by atoms with E-state index in [2.05, 4.69) is 69.0 Å². The van der Waals surface area contributed by atoms with Crippen molar-refractivity contribution in [2.75, 3.05) is 0 Å². The van der Waals surface area contributed by atoms with Gasteiger partial charge in [-0.3, -0.25) is 0 Å². The summed E-state index contributed by atoms with van der Waals surface area (Å²) in [7, 11) is 0. The van der Waals surface area contributed by atoms with Crippen LogP contribution in [-0.2, 0) is 0 Å². The minimum absolute atomic E-state index is 0.448.